The van der Waals surface area contributed by atoms with Crippen molar-refractivity contribution in [2.75, 3.05) is 14.2 Å². The predicted molar refractivity (Wildman–Crippen MR) is 88.4 cm³/mol. The summed E-state index contributed by atoms with van der Waals surface area (Å²) in [5.41, 5.74) is 0. The van der Waals surface area contributed by atoms with Crippen LogP contribution in [0.4, 0.5) is 0 Å². The zero-order chi connectivity index (χ0) is 15.8. The first kappa shape index (κ1) is 20.2. The van der Waals surface area contributed by atoms with Crippen LogP contribution in [-0.4, -0.2) is 26.3 Å². The first-order valence-electron chi connectivity index (χ1n) is 8.51. The molecule has 0 aromatic carbocycles. The summed E-state index contributed by atoms with van der Waals surface area (Å²) in [6.07, 6.45) is 17.5. The lowest BCUT2D eigenvalue weighted by Gasteiger charge is -2.10. The van der Waals surface area contributed by atoms with Crippen molar-refractivity contribution in [3.8, 4) is 0 Å². The molecule has 0 spiro atoms. The summed E-state index contributed by atoms with van der Waals surface area (Å²) in [6.45, 7) is 2.26. The van der Waals surface area contributed by atoms with Crippen molar-refractivity contribution in [2.45, 2.75) is 83.7 Å². The Morgan fingerprint density at radius 3 is 2.05 bits per heavy atom. The lowest BCUT2D eigenvalue weighted by Crippen LogP contribution is -2.23. The lowest BCUT2D eigenvalue weighted by atomic mass is 10.1. The Morgan fingerprint density at radius 2 is 1.48 bits per heavy atom. The number of carbonyl (C=O) groups excluding carboxylic acids is 1. The number of unbranched alkanes of at least 4 members (excludes halogenated alkanes) is 8. The highest BCUT2D eigenvalue weighted by Gasteiger charge is 2.16. The van der Waals surface area contributed by atoms with Crippen LogP contribution in [0.2, 0.25) is 0 Å². The Morgan fingerprint density at radius 1 is 0.905 bits per heavy atom. The van der Waals surface area contributed by atoms with Gasteiger partial charge in [0.2, 0.25) is 0 Å². The molecule has 0 aliphatic rings. The molecule has 21 heavy (non-hydrogen) atoms. The van der Waals surface area contributed by atoms with Gasteiger partial charge in [0.25, 0.3) is 0 Å². The quantitative estimate of drug-likeness (QED) is 0.256. The maximum absolute atomic E-state index is 11.3. The van der Waals surface area contributed by atoms with Crippen LogP contribution >= 0.6 is 0 Å². The van der Waals surface area contributed by atoms with E-state index in [0.29, 0.717) is 6.42 Å². The fourth-order valence-corrected chi connectivity index (χ4v) is 2.34. The van der Waals surface area contributed by atoms with Gasteiger partial charge in [0.15, 0.2) is 6.10 Å². The Labute approximate surface area is 131 Å². The van der Waals surface area contributed by atoms with Crippen LogP contribution in [0.25, 0.3) is 0 Å². The molecule has 1 unspecified atom stereocenters. The van der Waals surface area contributed by atoms with Crippen LogP contribution in [0.5, 0.6) is 0 Å². The predicted octanol–water partition coefficient (Wildman–Crippen LogP) is 5.04. The highest BCUT2D eigenvalue weighted by Crippen LogP contribution is 2.10. The maximum Gasteiger partial charge on any atom is 0.334 e. The normalized spacial score (nSPS) is 12.7. The molecule has 0 aliphatic heterocycles. The van der Waals surface area contributed by atoms with E-state index in [9.17, 15) is 4.79 Å². The average Bonchev–Trinajstić information content (AvgIpc) is 2.51. The second-order valence-electron chi connectivity index (χ2n) is 5.56. The van der Waals surface area contributed by atoms with Gasteiger partial charge in [0.1, 0.15) is 0 Å². The molecule has 0 fully saturated rings. The van der Waals surface area contributed by atoms with Gasteiger partial charge >= 0.3 is 5.97 Å². The van der Waals surface area contributed by atoms with E-state index >= 15 is 0 Å². The summed E-state index contributed by atoms with van der Waals surface area (Å²) in [5, 5.41) is 0. The van der Waals surface area contributed by atoms with Crippen molar-refractivity contribution in [1.29, 1.82) is 0 Å². The molecule has 0 aromatic rings. The smallest absolute Gasteiger partial charge is 0.334 e. The summed E-state index contributed by atoms with van der Waals surface area (Å²) in [4.78, 5) is 11.3. The zero-order valence-corrected chi connectivity index (χ0v) is 14.2. The van der Waals surface area contributed by atoms with Crippen molar-refractivity contribution in [3.05, 3.63) is 12.2 Å². The van der Waals surface area contributed by atoms with Gasteiger partial charge in [-0.15, -0.1) is 0 Å². The molecule has 0 rings (SSSR count). The van der Waals surface area contributed by atoms with Gasteiger partial charge in [0.05, 0.1) is 7.11 Å². The van der Waals surface area contributed by atoms with Gasteiger partial charge in [-0.3, -0.25) is 0 Å². The van der Waals surface area contributed by atoms with E-state index in [0.717, 1.165) is 12.8 Å². The van der Waals surface area contributed by atoms with Gasteiger partial charge in [-0.05, 0) is 25.7 Å². The molecule has 124 valence electrons. The highest BCUT2D eigenvalue weighted by molar-refractivity contribution is 5.74. The standard InChI is InChI=1S/C18H34O3/c1-4-5-6-7-8-9-10-11-12-13-14-15-16-17(20-2)18(19)21-3/h13-14,17H,4-12,15-16H2,1-3H3/b14-13+. The van der Waals surface area contributed by atoms with Gasteiger partial charge in [-0.25, -0.2) is 4.79 Å². The van der Waals surface area contributed by atoms with Crippen molar-refractivity contribution < 1.29 is 14.3 Å². The molecule has 0 heterocycles. The van der Waals surface area contributed by atoms with E-state index in [1.807, 2.05) is 0 Å². The third kappa shape index (κ3) is 12.6. The molecular weight excluding hydrogens is 264 g/mol. The summed E-state index contributed by atoms with van der Waals surface area (Å²) in [7, 11) is 2.94. The van der Waals surface area contributed by atoms with E-state index in [1.54, 1.807) is 7.11 Å². The van der Waals surface area contributed by atoms with E-state index in [4.69, 9.17) is 4.74 Å². The van der Waals surface area contributed by atoms with Crippen LogP contribution in [0.3, 0.4) is 0 Å². The summed E-state index contributed by atoms with van der Waals surface area (Å²) < 4.78 is 9.77. The molecule has 3 heteroatoms. The number of methoxy groups -OCH3 is 2. The Bertz CT molecular complexity index is 261. The SMILES string of the molecule is CCCCCCCCCC/C=C/CCC(OC)C(=O)OC. The molecule has 0 aliphatic carbocycles. The van der Waals surface area contributed by atoms with Gasteiger partial charge in [0, 0.05) is 7.11 Å². The fraction of sp³-hybridized carbons (Fsp3) is 0.833. The van der Waals surface area contributed by atoms with Crippen LogP contribution < -0.4 is 0 Å². The number of rotatable bonds is 14. The molecule has 0 bridgehead atoms. The van der Waals surface area contributed by atoms with Crippen LogP contribution in [0.15, 0.2) is 12.2 Å². The summed E-state index contributed by atoms with van der Waals surface area (Å²) in [5.74, 6) is -0.283. The molecule has 0 radical (unpaired) electrons. The largest absolute Gasteiger partial charge is 0.467 e. The van der Waals surface area contributed by atoms with Gasteiger partial charge < -0.3 is 9.47 Å². The molecule has 0 saturated carbocycles. The van der Waals surface area contributed by atoms with Gasteiger partial charge in [-0.1, -0.05) is 64.0 Å². The topological polar surface area (TPSA) is 35.5 Å². The van der Waals surface area contributed by atoms with Crippen LogP contribution in [0, 0.1) is 0 Å². The van der Waals surface area contributed by atoms with Crippen LogP contribution in [-0.2, 0) is 14.3 Å². The highest BCUT2D eigenvalue weighted by atomic mass is 16.6. The number of hydrogen-bond donors (Lipinski definition) is 0. The average molecular weight is 298 g/mol. The van der Waals surface area contributed by atoms with Crippen molar-refractivity contribution in [2.24, 2.45) is 0 Å². The Balaban J connectivity index is 3.38. The van der Waals surface area contributed by atoms with Crippen molar-refractivity contribution in [1.82, 2.24) is 0 Å². The molecule has 1 atom stereocenters. The van der Waals surface area contributed by atoms with E-state index in [1.165, 1.54) is 58.5 Å². The minimum Gasteiger partial charge on any atom is -0.467 e. The zero-order valence-electron chi connectivity index (χ0n) is 14.2. The minimum absolute atomic E-state index is 0.283. The number of esters is 1. The number of allylic oxidation sites excluding steroid dienone is 2. The minimum atomic E-state index is -0.428. The van der Waals surface area contributed by atoms with E-state index < -0.39 is 6.10 Å². The van der Waals surface area contributed by atoms with Crippen molar-refractivity contribution >= 4 is 5.97 Å². The van der Waals surface area contributed by atoms with E-state index in [2.05, 4.69) is 23.8 Å². The molecule has 0 aromatic heterocycles. The molecule has 0 N–H and O–H groups in total. The molecule has 0 saturated heterocycles. The van der Waals surface area contributed by atoms with E-state index in [-0.39, 0.29) is 5.97 Å². The maximum atomic E-state index is 11.3. The number of ether oxygens (including phenoxy) is 2. The third-order valence-corrected chi connectivity index (χ3v) is 3.74. The second-order valence-corrected chi connectivity index (χ2v) is 5.56. The Kier molecular flexibility index (Phi) is 14.9. The lowest BCUT2D eigenvalue weighted by molar-refractivity contribution is -0.152. The number of carbonyl (C=O) groups is 1. The first-order valence-corrected chi connectivity index (χ1v) is 8.51. The fourth-order valence-electron chi connectivity index (χ4n) is 2.34. The number of hydrogen-bond acceptors (Lipinski definition) is 3. The first-order chi connectivity index (χ1) is 10.3. The van der Waals surface area contributed by atoms with Crippen LogP contribution in [0.1, 0.15) is 77.6 Å². The Hall–Kier alpha value is -0.830. The molecular formula is C18H34O3. The monoisotopic (exact) mass is 298 g/mol. The molecule has 0 amide bonds. The van der Waals surface area contributed by atoms with Crippen molar-refractivity contribution in [3.63, 3.8) is 0 Å². The van der Waals surface area contributed by atoms with Gasteiger partial charge in [-0.2, -0.15) is 0 Å². The summed E-state index contributed by atoms with van der Waals surface area (Å²) >= 11 is 0. The second kappa shape index (κ2) is 15.6. The third-order valence-electron chi connectivity index (χ3n) is 3.74. The summed E-state index contributed by atoms with van der Waals surface area (Å²) in [6, 6.07) is 0. The molecule has 3 nitrogen and oxygen atoms in total.